The van der Waals surface area contributed by atoms with Crippen molar-refractivity contribution >= 4 is 11.9 Å². The zero-order chi connectivity index (χ0) is 19.3. The second kappa shape index (κ2) is 8.49. The predicted molar refractivity (Wildman–Crippen MR) is 119 cm³/mol. The van der Waals surface area contributed by atoms with Crippen molar-refractivity contribution in [3.63, 3.8) is 0 Å². The molecule has 0 saturated heterocycles. The molecule has 0 saturated carbocycles. The average Bonchev–Trinajstić information content (AvgIpc) is 2.70. The van der Waals surface area contributed by atoms with E-state index in [0.29, 0.717) is 6.04 Å². The molecule has 2 heteroatoms. The van der Waals surface area contributed by atoms with E-state index in [-0.39, 0.29) is 4.75 Å². The zero-order valence-corrected chi connectivity index (χ0v) is 17.1. The molecule has 0 atom stereocenters. The zero-order valence-electron chi connectivity index (χ0n) is 16.3. The van der Waals surface area contributed by atoms with Crippen LogP contribution in [-0.4, -0.2) is 10.3 Å². The SMILES string of the molecule is C=C(C)N(SC(c1ccccc1)(c1ccccc1)c1ccccc1)C(C)C. The van der Waals surface area contributed by atoms with Crippen LogP contribution in [0.3, 0.4) is 0 Å². The lowest BCUT2D eigenvalue weighted by molar-refractivity contribution is 0.472. The summed E-state index contributed by atoms with van der Waals surface area (Å²) in [6.07, 6.45) is 0. The first-order valence-corrected chi connectivity index (χ1v) is 10.1. The van der Waals surface area contributed by atoms with Crippen molar-refractivity contribution in [3.8, 4) is 0 Å². The highest BCUT2D eigenvalue weighted by Gasteiger charge is 2.40. The fraction of sp³-hybridized carbons (Fsp3) is 0.200. The summed E-state index contributed by atoms with van der Waals surface area (Å²) in [5, 5.41) is 0. The predicted octanol–water partition coefficient (Wildman–Crippen LogP) is 6.87. The number of hydrogen-bond donors (Lipinski definition) is 0. The topological polar surface area (TPSA) is 3.24 Å². The summed E-state index contributed by atoms with van der Waals surface area (Å²) >= 11 is 1.85. The fourth-order valence-corrected chi connectivity index (χ4v) is 4.83. The Balaban J connectivity index is 2.30. The van der Waals surface area contributed by atoms with Crippen LogP contribution in [-0.2, 0) is 4.75 Å². The van der Waals surface area contributed by atoms with E-state index in [1.165, 1.54) is 16.7 Å². The molecule has 0 aliphatic heterocycles. The van der Waals surface area contributed by atoms with E-state index in [0.717, 1.165) is 5.70 Å². The molecule has 0 heterocycles. The van der Waals surface area contributed by atoms with E-state index in [4.69, 9.17) is 0 Å². The molecule has 0 amide bonds. The van der Waals surface area contributed by atoms with Gasteiger partial charge in [-0.15, -0.1) is 0 Å². The molecule has 1 nitrogen and oxygen atoms in total. The quantitative estimate of drug-likeness (QED) is 0.328. The van der Waals surface area contributed by atoms with Gasteiger partial charge >= 0.3 is 0 Å². The van der Waals surface area contributed by atoms with Crippen molar-refractivity contribution in [1.82, 2.24) is 4.31 Å². The van der Waals surface area contributed by atoms with Gasteiger partial charge in [0.25, 0.3) is 0 Å². The molecule has 3 rings (SSSR count). The van der Waals surface area contributed by atoms with E-state index in [9.17, 15) is 0 Å². The summed E-state index contributed by atoms with van der Waals surface area (Å²) in [6, 6.07) is 32.7. The summed E-state index contributed by atoms with van der Waals surface area (Å²) < 4.78 is 1.97. The van der Waals surface area contributed by atoms with Gasteiger partial charge in [0, 0.05) is 11.7 Å². The van der Waals surface area contributed by atoms with Gasteiger partial charge in [0.2, 0.25) is 0 Å². The molecule has 3 aromatic rings. The van der Waals surface area contributed by atoms with E-state index in [1.807, 2.05) is 11.9 Å². The minimum absolute atomic E-state index is 0.336. The molecule has 0 unspecified atom stereocenters. The van der Waals surface area contributed by atoms with E-state index in [1.54, 1.807) is 0 Å². The maximum absolute atomic E-state index is 4.25. The molecule has 0 aromatic heterocycles. The Hall–Kier alpha value is -2.45. The van der Waals surface area contributed by atoms with Crippen molar-refractivity contribution in [2.24, 2.45) is 0 Å². The lowest BCUT2D eigenvalue weighted by Crippen LogP contribution is -2.33. The second-order valence-corrected chi connectivity index (χ2v) is 8.21. The summed E-state index contributed by atoms with van der Waals surface area (Å²) in [5.41, 5.74) is 4.85. The van der Waals surface area contributed by atoms with Gasteiger partial charge in [0.1, 0.15) is 4.75 Å². The minimum Gasteiger partial charge on any atom is -0.317 e. The van der Waals surface area contributed by atoms with E-state index < -0.39 is 0 Å². The molecule has 0 N–H and O–H groups in total. The molecule has 0 bridgehead atoms. The van der Waals surface area contributed by atoms with Gasteiger partial charge in [-0.05, 0) is 49.4 Å². The van der Waals surface area contributed by atoms with E-state index in [2.05, 4.69) is 123 Å². The van der Waals surface area contributed by atoms with E-state index >= 15 is 0 Å². The molecule has 0 aliphatic carbocycles. The molecule has 138 valence electrons. The third-order valence-electron chi connectivity index (χ3n) is 4.62. The van der Waals surface area contributed by atoms with Crippen molar-refractivity contribution in [3.05, 3.63) is 120 Å². The standard InChI is InChI=1S/C25H27NS/c1-20(2)26(21(3)4)27-25(22-14-8-5-9-15-22,23-16-10-6-11-17-23)24-18-12-7-13-19-24/h5-19,21H,1H2,2-4H3. The highest BCUT2D eigenvalue weighted by molar-refractivity contribution is 7.98. The first-order valence-electron chi connectivity index (χ1n) is 9.36. The lowest BCUT2D eigenvalue weighted by Gasteiger charge is -2.41. The third kappa shape index (κ3) is 3.96. The molecule has 0 aliphatic rings. The number of benzene rings is 3. The molecule has 27 heavy (non-hydrogen) atoms. The number of hydrogen-bond acceptors (Lipinski definition) is 2. The van der Waals surface area contributed by atoms with Crippen LogP contribution < -0.4 is 0 Å². The maximum atomic E-state index is 4.25. The molecule has 3 aromatic carbocycles. The normalized spacial score (nSPS) is 11.4. The number of allylic oxidation sites excluding steroid dienone is 1. The summed E-state index contributed by atoms with van der Waals surface area (Å²) in [7, 11) is 0. The highest BCUT2D eigenvalue weighted by Crippen LogP contribution is 2.51. The Kier molecular flexibility index (Phi) is 6.08. The first kappa shape index (κ1) is 19.3. The van der Waals surface area contributed by atoms with Crippen LogP contribution in [0.2, 0.25) is 0 Å². The van der Waals surface area contributed by atoms with Crippen molar-refractivity contribution in [2.75, 3.05) is 0 Å². The fourth-order valence-electron chi connectivity index (χ4n) is 3.45. The van der Waals surface area contributed by atoms with Gasteiger partial charge in [0.05, 0.1) is 0 Å². The Morgan fingerprint density at radius 2 is 1.07 bits per heavy atom. The van der Waals surface area contributed by atoms with Gasteiger partial charge in [-0.2, -0.15) is 0 Å². The smallest absolute Gasteiger partial charge is 0.111 e. The van der Waals surface area contributed by atoms with Crippen LogP contribution in [0.15, 0.2) is 103 Å². The molecule has 0 radical (unpaired) electrons. The summed E-state index contributed by atoms with van der Waals surface area (Å²) in [4.78, 5) is 0. The lowest BCUT2D eigenvalue weighted by atomic mass is 9.84. The monoisotopic (exact) mass is 373 g/mol. The Bertz CT molecular complexity index is 760. The van der Waals surface area contributed by atoms with Crippen LogP contribution in [0.4, 0.5) is 0 Å². The van der Waals surface area contributed by atoms with Crippen molar-refractivity contribution in [1.29, 1.82) is 0 Å². The third-order valence-corrected chi connectivity index (χ3v) is 6.53. The van der Waals surface area contributed by atoms with Crippen LogP contribution in [0.25, 0.3) is 0 Å². The molecular formula is C25H27NS. The highest BCUT2D eigenvalue weighted by atomic mass is 32.2. The summed E-state index contributed by atoms with van der Waals surface area (Å²) in [5.74, 6) is 0. The average molecular weight is 374 g/mol. The minimum atomic E-state index is -0.354. The molecule has 0 spiro atoms. The Morgan fingerprint density at radius 3 is 1.33 bits per heavy atom. The number of nitrogens with zero attached hydrogens (tertiary/aromatic N) is 1. The van der Waals surface area contributed by atoms with Gasteiger partial charge in [-0.25, -0.2) is 0 Å². The summed E-state index contributed by atoms with van der Waals surface area (Å²) in [6.45, 7) is 10.8. The first-order chi connectivity index (χ1) is 13.1. The van der Waals surface area contributed by atoms with Crippen LogP contribution >= 0.6 is 11.9 Å². The molecule has 0 fully saturated rings. The van der Waals surface area contributed by atoms with Crippen molar-refractivity contribution in [2.45, 2.75) is 31.6 Å². The Labute approximate surface area is 167 Å². The number of rotatable bonds is 7. The van der Waals surface area contributed by atoms with Crippen LogP contribution in [0.1, 0.15) is 37.5 Å². The Morgan fingerprint density at radius 1 is 0.741 bits per heavy atom. The van der Waals surface area contributed by atoms with Gasteiger partial charge < -0.3 is 4.31 Å². The second-order valence-electron chi connectivity index (χ2n) is 7.03. The van der Waals surface area contributed by atoms with Gasteiger partial charge in [-0.1, -0.05) is 97.6 Å². The van der Waals surface area contributed by atoms with Gasteiger partial charge in [-0.3, -0.25) is 0 Å². The van der Waals surface area contributed by atoms with Crippen LogP contribution in [0.5, 0.6) is 0 Å². The van der Waals surface area contributed by atoms with Crippen molar-refractivity contribution < 1.29 is 0 Å². The van der Waals surface area contributed by atoms with Gasteiger partial charge in [0.15, 0.2) is 0 Å². The van der Waals surface area contributed by atoms with Crippen LogP contribution in [0, 0.1) is 0 Å². The largest absolute Gasteiger partial charge is 0.317 e. The maximum Gasteiger partial charge on any atom is 0.111 e. The molecular weight excluding hydrogens is 346 g/mol.